The fourth-order valence-corrected chi connectivity index (χ4v) is 4.59. The fraction of sp³-hybridized carbons (Fsp3) is 0.348. The molecular weight excluding hydrogens is 366 g/mol. The van der Waals surface area contributed by atoms with Gasteiger partial charge in [0, 0.05) is 25.1 Å². The molecule has 2 aromatic rings. The Balaban J connectivity index is 1.84. The lowest BCUT2D eigenvalue weighted by Gasteiger charge is -2.49. The molecule has 150 valence electrons. The van der Waals surface area contributed by atoms with Crippen LogP contribution < -0.4 is 10.2 Å². The summed E-state index contributed by atoms with van der Waals surface area (Å²) in [5.74, 6) is -0.685. The van der Waals surface area contributed by atoms with E-state index < -0.39 is 5.66 Å². The number of para-hydroxylation sites is 1. The number of carbonyl (C=O) groups excluding carboxylic acids is 3. The second kappa shape index (κ2) is 7.03. The predicted octanol–water partition coefficient (Wildman–Crippen LogP) is 3.63. The minimum atomic E-state index is -1.34. The number of hydrogen-bond acceptors (Lipinski definition) is 3. The van der Waals surface area contributed by atoms with E-state index in [1.165, 1.54) is 4.90 Å². The van der Waals surface area contributed by atoms with Gasteiger partial charge in [0.1, 0.15) is 0 Å². The smallest absolute Gasteiger partial charge is 0.271 e. The van der Waals surface area contributed by atoms with Crippen LogP contribution in [0.4, 0.5) is 11.4 Å². The van der Waals surface area contributed by atoms with Crippen LogP contribution in [-0.4, -0.2) is 34.8 Å². The molecule has 4 rings (SSSR count). The van der Waals surface area contributed by atoms with E-state index in [-0.39, 0.29) is 30.6 Å². The molecular formula is C23H25N3O3. The highest BCUT2D eigenvalue weighted by atomic mass is 16.2. The topological polar surface area (TPSA) is 69.7 Å². The van der Waals surface area contributed by atoms with Gasteiger partial charge < -0.3 is 10.2 Å². The molecule has 0 bridgehead atoms. The van der Waals surface area contributed by atoms with Crippen LogP contribution in [0.3, 0.4) is 0 Å². The van der Waals surface area contributed by atoms with Gasteiger partial charge in [-0.1, -0.05) is 25.1 Å². The third-order valence-corrected chi connectivity index (χ3v) is 5.66. The van der Waals surface area contributed by atoms with E-state index in [1.54, 1.807) is 29.2 Å². The van der Waals surface area contributed by atoms with E-state index >= 15 is 0 Å². The lowest BCUT2D eigenvalue weighted by molar-refractivity contribution is -0.128. The number of aryl methyl sites for hydroxylation is 2. The first-order chi connectivity index (χ1) is 13.9. The first-order valence-corrected chi connectivity index (χ1v) is 10.0. The number of hydrogen-bond donors (Lipinski definition) is 1. The Labute approximate surface area is 170 Å². The van der Waals surface area contributed by atoms with Crippen molar-refractivity contribution in [1.29, 1.82) is 0 Å². The minimum absolute atomic E-state index is 0.137. The number of nitrogens with zero attached hydrogens (tertiary/aromatic N) is 2. The van der Waals surface area contributed by atoms with Crippen molar-refractivity contribution in [3.63, 3.8) is 0 Å². The molecule has 0 aliphatic carbocycles. The van der Waals surface area contributed by atoms with Gasteiger partial charge >= 0.3 is 0 Å². The molecule has 1 fully saturated rings. The van der Waals surface area contributed by atoms with Gasteiger partial charge in [0.05, 0.1) is 11.3 Å². The van der Waals surface area contributed by atoms with E-state index in [1.807, 2.05) is 39.0 Å². The van der Waals surface area contributed by atoms with Crippen molar-refractivity contribution in [2.24, 2.45) is 0 Å². The lowest BCUT2D eigenvalue weighted by Crippen LogP contribution is -2.69. The van der Waals surface area contributed by atoms with Crippen LogP contribution in [0, 0.1) is 13.8 Å². The summed E-state index contributed by atoms with van der Waals surface area (Å²) < 4.78 is 0. The number of fused-ring (bicyclic) bond motifs is 3. The molecule has 2 aliphatic heterocycles. The van der Waals surface area contributed by atoms with E-state index in [0.29, 0.717) is 29.9 Å². The average Bonchev–Trinajstić information content (AvgIpc) is 3.03. The van der Waals surface area contributed by atoms with E-state index in [2.05, 4.69) is 5.32 Å². The summed E-state index contributed by atoms with van der Waals surface area (Å²) in [4.78, 5) is 43.0. The lowest BCUT2D eigenvalue weighted by atomic mass is 9.95. The molecule has 6 heteroatoms. The van der Waals surface area contributed by atoms with Crippen LogP contribution in [0.1, 0.15) is 47.7 Å². The molecule has 0 aromatic heterocycles. The highest BCUT2D eigenvalue weighted by Crippen LogP contribution is 2.45. The molecule has 0 spiro atoms. The van der Waals surface area contributed by atoms with Gasteiger partial charge in [-0.3, -0.25) is 19.3 Å². The summed E-state index contributed by atoms with van der Waals surface area (Å²) in [6.45, 7) is 6.30. The quantitative estimate of drug-likeness (QED) is 0.865. The van der Waals surface area contributed by atoms with Crippen molar-refractivity contribution < 1.29 is 14.4 Å². The third-order valence-electron chi connectivity index (χ3n) is 5.66. The Kier molecular flexibility index (Phi) is 4.65. The van der Waals surface area contributed by atoms with Crippen LogP contribution in [-0.2, 0) is 9.59 Å². The summed E-state index contributed by atoms with van der Waals surface area (Å²) in [6.07, 6.45) is 1.19. The van der Waals surface area contributed by atoms with Crippen LogP contribution in [0.5, 0.6) is 0 Å². The summed E-state index contributed by atoms with van der Waals surface area (Å²) >= 11 is 0. The highest BCUT2D eigenvalue weighted by Gasteiger charge is 2.60. The Bertz CT molecular complexity index is 996. The van der Waals surface area contributed by atoms with E-state index in [4.69, 9.17) is 0 Å². The van der Waals surface area contributed by atoms with E-state index in [9.17, 15) is 14.4 Å². The van der Waals surface area contributed by atoms with Gasteiger partial charge in [-0.2, -0.15) is 0 Å². The summed E-state index contributed by atoms with van der Waals surface area (Å²) in [5, 5.41) is 2.99. The van der Waals surface area contributed by atoms with Gasteiger partial charge in [-0.15, -0.1) is 0 Å². The van der Waals surface area contributed by atoms with Gasteiger partial charge in [0.2, 0.25) is 11.6 Å². The molecule has 1 saturated heterocycles. The Hall–Kier alpha value is -3.15. The Morgan fingerprint density at radius 3 is 2.48 bits per heavy atom. The second-order valence-corrected chi connectivity index (χ2v) is 7.85. The summed E-state index contributed by atoms with van der Waals surface area (Å²) in [6, 6.07) is 12.9. The van der Waals surface area contributed by atoms with Gasteiger partial charge in [0.25, 0.3) is 11.8 Å². The molecule has 1 atom stereocenters. The molecule has 29 heavy (non-hydrogen) atoms. The number of benzene rings is 2. The Morgan fingerprint density at radius 1 is 1.10 bits per heavy atom. The number of amides is 3. The SMILES string of the molecule is CCCN1C(=O)c2ccccc2N2C(=O)CC[C@]12C(=O)Nc1cc(C)cc(C)c1. The summed E-state index contributed by atoms with van der Waals surface area (Å²) in [5.41, 5.74) is 2.38. The molecule has 0 radical (unpaired) electrons. The number of carbonyl (C=O) groups is 3. The van der Waals surface area contributed by atoms with Crippen LogP contribution in [0.15, 0.2) is 42.5 Å². The molecule has 6 nitrogen and oxygen atoms in total. The molecule has 2 aliphatic rings. The minimum Gasteiger partial charge on any atom is -0.322 e. The molecule has 2 heterocycles. The Morgan fingerprint density at radius 2 is 1.79 bits per heavy atom. The number of anilines is 2. The molecule has 3 amide bonds. The van der Waals surface area contributed by atoms with Crippen LogP contribution >= 0.6 is 0 Å². The third kappa shape index (κ3) is 2.90. The monoisotopic (exact) mass is 391 g/mol. The van der Waals surface area contributed by atoms with Crippen molar-refractivity contribution in [3.05, 3.63) is 59.2 Å². The first kappa shape index (κ1) is 19.2. The normalized spacial score (nSPS) is 20.5. The van der Waals surface area contributed by atoms with Crippen molar-refractivity contribution in [1.82, 2.24) is 4.90 Å². The largest absolute Gasteiger partial charge is 0.322 e. The number of nitrogens with one attached hydrogen (secondary N) is 1. The van der Waals surface area contributed by atoms with Crippen LogP contribution in [0.2, 0.25) is 0 Å². The van der Waals surface area contributed by atoms with E-state index in [0.717, 1.165) is 11.1 Å². The van der Waals surface area contributed by atoms with Gasteiger partial charge in [-0.25, -0.2) is 0 Å². The van der Waals surface area contributed by atoms with Crippen molar-refractivity contribution in [2.75, 3.05) is 16.8 Å². The summed E-state index contributed by atoms with van der Waals surface area (Å²) in [7, 11) is 0. The van der Waals surface area contributed by atoms with Crippen molar-refractivity contribution >= 4 is 29.1 Å². The average molecular weight is 391 g/mol. The maximum atomic E-state index is 13.7. The van der Waals surface area contributed by atoms with Crippen LogP contribution in [0.25, 0.3) is 0 Å². The van der Waals surface area contributed by atoms with Gasteiger partial charge in [-0.05, 0) is 55.7 Å². The molecule has 0 saturated carbocycles. The fourth-order valence-electron chi connectivity index (χ4n) is 4.59. The zero-order chi connectivity index (χ0) is 20.8. The zero-order valence-electron chi connectivity index (χ0n) is 17.0. The first-order valence-electron chi connectivity index (χ1n) is 10.0. The standard InChI is InChI=1S/C23H25N3O3/c1-4-11-25-21(28)18-7-5-6-8-19(18)26-20(27)9-10-23(25,26)22(29)24-17-13-15(2)12-16(3)14-17/h5-8,12-14H,4,9-11H2,1-3H3,(H,24,29)/t23-/m0/s1. The highest BCUT2D eigenvalue weighted by molar-refractivity contribution is 6.18. The van der Waals surface area contributed by atoms with Crippen molar-refractivity contribution in [3.8, 4) is 0 Å². The van der Waals surface area contributed by atoms with Crippen molar-refractivity contribution in [2.45, 2.75) is 45.7 Å². The molecule has 0 unspecified atom stereocenters. The maximum absolute atomic E-state index is 13.7. The van der Waals surface area contributed by atoms with Gasteiger partial charge in [0.15, 0.2) is 0 Å². The zero-order valence-corrected chi connectivity index (χ0v) is 17.0. The number of rotatable bonds is 4. The predicted molar refractivity (Wildman–Crippen MR) is 112 cm³/mol. The molecule has 2 aromatic carbocycles. The second-order valence-electron chi connectivity index (χ2n) is 7.85. The maximum Gasteiger partial charge on any atom is 0.271 e. The molecule has 1 N–H and O–H groups in total.